The topological polar surface area (TPSA) is 46.2 Å². The molecule has 0 heterocycles. The molecule has 0 aliphatic heterocycles. The lowest BCUT2D eigenvalue weighted by atomic mass is 10.0. The van der Waals surface area contributed by atoms with E-state index in [4.69, 9.17) is 17.3 Å². The molecule has 0 spiro atoms. The maximum Gasteiger partial charge on any atom is 0.0949 e. The Labute approximate surface area is 90.8 Å². The van der Waals surface area contributed by atoms with Crippen molar-refractivity contribution in [3.63, 3.8) is 0 Å². The van der Waals surface area contributed by atoms with Gasteiger partial charge < -0.3 is 10.8 Å². The average molecular weight is 265 g/mol. The SMILES string of the molecule is CC(N)C(O)c1ccc(Cl)cc1Br. The van der Waals surface area contributed by atoms with Gasteiger partial charge in [0.1, 0.15) is 0 Å². The normalized spacial score (nSPS) is 15.5. The van der Waals surface area contributed by atoms with E-state index in [-0.39, 0.29) is 6.04 Å². The Morgan fingerprint density at radius 2 is 2.15 bits per heavy atom. The lowest BCUT2D eigenvalue weighted by Gasteiger charge is -2.16. The molecule has 0 fully saturated rings. The lowest BCUT2D eigenvalue weighted by molar-refractivity contribution is 0.152. The van der Waals surface area contributed by atoms with E-state index in [1.165, 1.54) is 0 Å². The van der Waals surface area contributed by atoms with E-state index in [9.17, 15) is 5.11 Å². The van der Waals surface area contributed by atoms with Crippen LogP contribution in [-0.4, -0.2) is 11.1 Å². The molecule has 2 unspecified atom stereocenters. The highest BCUT2D eigenvalue weighted by molar-refractivity contribution is 9.10. The second-order valence-corrected chi connectivity index (χ2v) is 4.26. The van der Waals surface area contributed by atoms with Crippen LogP contribution in [0.5, 0.6) is 0 Å². The molecule has 0 aliphatic rings. The highest BCUT2D eigenvalue weighted by Gasteiger charge is 2.15. The summed E-state index contributed by atoms with van der Waals surface area (Å²) in [5, 5.41) is 10.3. The van der Waals surface area contributed by atoms with Crippen molar-refractivity contribution in [3.05, 3.63) is 33.3 Å². The summed E-state index contributed by atoms with van der Waals surface area (Å²) >= 11 is 9.07. The van der Waals surface area contributed by atoms with Crippen LogP contribution < -0.4 is 5.73 Å². The van der Waals surface area contributed by atoms with Gasteiger partial charge in [0, 0.05) is 15.5 Å². The Kier molecular flexibility index (Phi) is 3.74. The summed E-state index contributed by atoms with van der Waals surface area (Å²) in [6, 6.07) is 4.94. The molecule has 0 amide bonds. The molecule has 13 heavy (non-hydrogen) atoms. The molecule has 0 bridgehead atoms. The third kappa shape index (κ3) is 2.68. The van der Waals surface area contributed by atoms with E-state index in [1.807, 2.05) is 0 Å². The zero-order valence-electron chi connectivity index (χ0n) is 7.17. The second kappa shape index (κ2) is 4.42. The van der Waals surface area contributed by atoms with E-state index in [1.54, 1.807) is 25.1 Å². The molecular weight excluding hydrogens is 253 g/mol. The largest absolute Gasteiger partial charge is 0.387 e. The van der Waals surface area contributed by atoms with Gasteiger partial charge >= 0.3 is 0 Å². The Bertz CT molecular complexity index is 304. The molecule has 2 atom stereocenters. The fourth-order valence-electron chi connectivity index (χ4n) is 1.02. The van der Waals surface area contributed by atoms with Gasteiger partial charge in [0.2, 0.25) is 0 Å². The minimum absolute atomic E-state index is 0.294. The number of nitrogens with two attached hydrogens (primary N) is 1. The third-order valence-corrected chi connectivity index (χ3v) is 2.70. The van der Waals surface area contributed by atoms with Gasteiger partial charge in [-0.3, -0.25) is 0 Å². The molecule has 0 aromatic heterocycles. The minimum atomic E-state index is -0.661. The van der Waals surface area contributed by atoms with Gasteiger partial charge in [-0.05, 0) is 24.6 Å². The highest BCUT2D eigenvalue weighted by Crippen LogP contribution is 2.27. The molecule has 2 nitrogen and oxygen atoms in total. The number of aliphatic hydroxyl groups is 1. The van der Waals surface area contributed by atoms with Gasteiger partial charge in [-0.25, -0.2) is 0 Å². The van der Waals surface area contributed by atoms with Gasteiger partial charge in [-0.2, -0.15) is 0 Å². The summed E-state index contributed by atoms with van der Waals surface area (Å²) in [4.78, 5) is 0. The van der Waals surface area contributed by atoms with Crippen LogP contribution in [-0.2, 0) is 0 Å². The van der Waals surface area contributed by atoms with Crippen molar-refractivity contribution in [1.29, 1.82) is 0 Å². The van der Waals surface area contributed by atoms with Crippen LogP contribution in [0.3, 0.4) is 0 Å². The number of hydrogen-bond donors (Lipinski definition) is 2. The zero-order chi connectivity index (χ0) is 10.0. The zero-order valence-corrected chi connectivity index (χ0v) is 9.51. The predicted molar refractivity (Wildman–Crippen MR) is 57.8 cm³/mol. The number of benzene rings is 1. The molecule has 0 radical (unpaired) electrons. The summed E-state index contributed by atoms with van der Waals surface area (Å²) in [6.45, 7) is 1.76. The third-order valence-electron chi connectivity index (χ3n) is 1.78. The van der Waals surface area contributed by atoms with Crippen LogP contribution in [0.4, 0.5) is 0 Å². The molecule has 1 rings (SSSR count). The van der Waals surface area contributed by atoms with E-state index in [0.717, 1.165) is 10.0 Å². The van der Waals surface area contributed by atoms with E-state index >= 15 is 0 Å². The molecule has 0 saturated heterocycles. The lowest BCUT2D eigenvalue weighted by Crippen LogP contribution is -2.24. The van der Waals surface area contributed by atoms with Crippen molar-refractivity contribution < 1.29 is 5.11 Å². The van der Waals surface area contributed by atoms with Gasteiger partial charge in [0.25, 0.3) is 0 Å². The quantitative estimate of drug-likeness (QED) is 0.862. The monoisotopic (exact) mass is 263 g/mol. The smallest absolute Gasteiger partial charge is 0.0949 e. The van der Waals surface area contributed by atoms with Crippen LogP contribution >= 0.6 is 27.5 Å². The maximum absolute atomic E-state index is 9.67. The fourth-order valence-corrected chi connectivity index (χ4v) is 1.94. The summed E-state index contributed by atoms with van der Waals surface area (Å²) in [5.74, 6) is 0. The minimum Gasteiger partial charge on any atom is -0.387 e. The van der Waals surface area contributed by atoms with Crippen molar-refractivity contribution in [3.8, 4) is 0 Å². The van der Waals surface area contributed by atoms with E-state index in [0.29, 0.717) is 5.02 Å². The number of rotatable bonds is 2. The Hall–Kier alpha value is -0.0900. The Morgan fingerprint density at radius 1 is 1.54 bits per heavy atom. The van der Waals surface area contributed by atoms with Crippen molar-refractivity contribution in [2.24, 2.45) is 5.73 Å². The van der Waals surface area contributed by atoms with E-state index in [2.05, 4.69) is 15.9 Å². The first-order chi connectivity index (χ1) is 6.02. The van der Waals surface area contributed by atoms with Crippen LogP contribution in [0, 0.1) is 0 Å². The van der Waals surface area contributed by atoms with Gasteiger partial charge in [-0.15, -0.1) is 0 Å². The predicted octanol–water partition coefficient (Wildman–Crippen LogP) is 2.48. The highest BCUT2D eigenvalue weighted by atomic mass is 79.9. The summed E-state index contributed by atoms with van der Waals surface area (Å²) < 4.78 is 0.782. The summed E-state index contributed by atoms with van der Waals surface area (Å²) in [7, 11) is 0. The molecule has 1 aromatic carbocycles. The van der Waals surface area contributed by atoms with Crippen molar-refractivity contribution in [2.75, 3.05) is 0 Å². The van der Waals surface area contributed by atoms with Crippen molar-refractivity contribution >= 4 is 27.5 Å². The van der Waals surface area contributed by atoms with Gasteiger partial charge in [0.15, 0.2) is 0 Å². The molecular formula is C9H11BrClNO. The van der Waals surface area contributed by atoms with Crippen LogP contribution in [0.1, 0.15) is 18.6 Å². The van der Waals surface area contributed by atoms with Crippen LogP contribution in [0.25, 0.3) is 0 Å². The second-order valence-electron chi connectivity index (χ2n) is 2.97. The first-order valence-electron chi connectivity index (χ1n) is 3.91. The molecule has 4 heteroatoms. The van der Waals surface area contributed by atoms with Gasteiger partial charge in [0.05, 0.1) is 6.10 Å². The summed E-state index contributed by atoms with van der Waals surface area (Å²) in [5.41, 5.74) is 6.33. The molecule has 0 aliphatic carbocycles. The first-order valence-corrected chi connectivity index (χ1v) is 5.08. The molecule has 1 aromatic rings. The van der Waals surface area contributed by atoms with Crippen molar-refractivity contribution in [2.45, 2.75) is 19.1 Å². The Balaban J connectivity index is 3.01. The van der Waals surface area contributed by atoms with Crippen LogP contribution in [0.2, 0.25) is 5.02 Å². The standard InChI is InChI=1S/C9H11BrClNO/c1-5(12)9(13)7-3-2-6(11)4-8(7)10/h2-5,9,13H,12H2,1H3. The number of hydrogen-bond acceptors (Lipinski definition) is 2. The Morgan fingerprint density at radius 3 is 2.62 bits per heavy atom. The molecule has 3 N–H and O–H groups in total. The average Bonchev–Trinajstić information content (AvgIpc) is 2.03. The van der Waals surface area contributed by atoms with Gasteiger partial charge in [-0.1, -0.05) is 33.6 Å². The maximum atomic E-state index is 9.67. The summed E-state index contributed by atoms with van der Waals surface area (Å²) in [6.07, 6.45) is -0.661. The fraction of sp³-hybridized carbons (Fsp3) is 0.333. The van der Waals surface area contributed by atoms with Crippen molar-refractivity contribution in [1.82, 2.24) is 0 Å². The first kappa shape index (κ1) is 11.0. The van der Waals surface area contributed by atoms with Crippen LogP contribution in [0.15, 0.2) is 22.7 Å². The number of halogens is 2. The molecule has 0 saturated carbocycles. The number of aliphatic hydroxyl groups excluding tert-OH is 1. The van der Waals surface area contributed by atoms with E-state index < -0.39 is 6.10 Å². The molecule has 72 valence electrons.